The van der Waals surface area contributed by atoms with Crippen LogP contribution in [-0.2, 0) is 25.9 Å². The molecule has 172 valence electrons. The fourth-order valence-corrected chi connectivity index (χ4v) is 5.35. The highest BCUT2D eigenvalue weighted by Gasteiger charge is 2.18. The van der Waals surface area contributed by atoms with E-state index in [1.807, 2.05) is 6.92 Å². The zero-order valence-corrected chi connectivity index (χ0v) is 19.1. The number of carbonyl (C=O) groups excluding carboxylic acids is 1. The standard InChI is InChI=1S/C21H22F2N2O5S2/c1-3-30-10-9-25-20-17(23)12-14(22)13-18(20)31-21(25)24-19(26)8-11-32(27,28)16-6-4-15(29-2)5-7-16/h4-7,12-13H,3,8-11H2,1-2H3. The Morgan fingerprint density at radius 3 is 2.56 bits per heavy atom. The van der Waals surface area contributed by atoms with Gasteiger partial charge in [-0.05, 0) is 37.3 Å². The Balaban J connectivity index is 1.86. The van der Waals surface area contributed by atoms with E-state index in [4.69, 9.17) is 9.47 Å². The number of aromatic nitrogens is 1. The lowest BCUT2D eigenvalue weighted by Gasteiger charge is -2.06. The Morgan fingerprint density at radius 2 is 1.91 bits per heavy atom. The molecule has 0 aliphatic rings. The molecule has 0 bridgehead atoms. The van der Waals surface area contributed by atoms with E-state index in [1.165, 1.54) is 35.9 Å². The summed E-state index contributed by atoms with van der Waals surface area (Å²) in [5, 5.41) is 0. The highest BCUT2D eigenvalue weighted by Crippen LogP contribution is 2.22. The first kappa shape index (κ1) is 24.0. The highest BCUT2D eigenvalue weighted by molar-refractivity contribution is 7.91. The van der Waals surface area contributed by atoms with Gasteiger partial charge < -0.3 is 14.0 Å². The van der Waals surface area contributed by atoms with Crippen LogP contribution in [0.5, 0.6) is 5.75 Å². The van der Waals surface area contributed by atoms with Crippen molar-refractivity contribution in [3.8, 4) is 5.75 Å². The fraction of sp³-hybridized carbons (Fsp3) is 0.333. The third-order valence-electron chi connectivity index (χ3n) is 4.58. The molecular weight excluding hydrogens is 462 g/mol. The number of nitrogens with zero attached hydrogens (tertiary/aromatic N) is 2. The summed E-state index contributed by atoms with van der Waals surface area (Å²) in [5.41, 5.74) is 0.119. The second-order valence-electron chi connectivity index (χ2n) is 6.72. The van der Waals surface area contributed by atoms with Crippen molar-refractivity contribution in [1.82, 2.24) is 4.57 Å². The van der Waals surface area contributed by atoms with Gasteiger partial charge in [0.05, 0.1) is 34.6 Å². The molecule has 32 heavy (non-hydrogen) atoms. The quantitative estimate of drug-likeness (QED) is 0.435. The van der Waals surface area contributed by atoms with Crippen molar-refractivity contribution >= 4 is 37.3 Å². The number of sulfone groups is 1. The monoisotopic (exact) mass is 484 g/mol. The van der Waals surface area contributed by atoms with Gasteiger partial charge in [0.1, 0.15) is 11.6 Å². The number of hydrogen-bond acceptors (Lipinski definition) is 6. The van der Waals surface area contributed by atoms with Gasteiger partial charge in [0.25, 0.3) is 0 Å². The summed E-state index contributed by atoms with van der Waals surface area (Å²) in [5.74, 6) is -2.12. The van der Waals surface area contributed by atoms with Gasteiger partial charge in [0, 0.05) is 25.6 Å². The van der Waals surface area contributed by atoms with Gasteiger partial charge in [0.15, 0.2) is 20.5 Å². The SMILES string of the molecule is CCOCCn1c(=NC(=O)CCS(=O)(=O)c2ccc(OC)cc2)sc2cc(F)cc(F)c21. The number of carbonyl (C=O) groups is 1. The average molecular weight is 485 g/mol. The van der Waals surface area contributed by atoms with Crippen LogP contribution in [0.15, 0.2) is 46.3 Å². The summed E-state index contributed by atoms with van der Waals surface area (Å²) in [4.78, 5) is 16.6. The summed E-state index contributed by atoms with van der Waals surface area (Å²) in [6.45, 7) is 2.71. The lowest BCUT2D eigenvalue weighted by Crippen LogP contribution is -2.21. The molecule has 3 rings (SSSR count). The minimum absolute atomic E-state index is 0.0669. The minimum Gasteiger partial charge on any atom is -0.497 e. The van der Waals surface area contributed by atoms with Crippen LogP contribution in [0, 0.1) is 11.6 Å². The van der Waals surface area contributed by atoms with Crippen molar-refractivity contribution in [2.45, 2.75) is 24.8 Å². The van der Waals surface area contributed by atoms with E-state index in [2.05, 4.69) is 4.99 Å². The predicted molar refractivity (Wildman–Crippen MR) is 116 cm³/mol. The minimum atomic E-state index is -3.71. The molecule has 0 saturated carbocycles. The van der Waals surface area contributed by atoms with Gasteiger partial charge in [-0.25, -0.2) is 17.2 Å². The van der Waals surface area contributed by atoms with Crippen LogP contribution >= 0.6 is 11.3 Å². The van der Waals surface area contributed by atoms with Gasteiger partial charge >= 0.3 is 0 Å². The van der Waals surface area contributed by atoms with E-state index in [9.17, 15) is 22.0 Å². The van der Waals surface area contributed by atoms with Crippen molar-refractivity contribution in [2.75, 3.05) is 26.1 Å². The molecular formula is C21H22F2N2O5S2. The molecule has 2 aromatic carbocycles. The zero-order chi connectivity index (χ0) is 23.3. The smallest absolute Gasteiger partial charge is 0.249 e. The van der Waals surface area contributed by atoms with Gasteiger partial charge in [-0.15, -0.1) is 0 Å². The van der Waals surface area contributed by atoms with Crippen molar-refractivity contribution in [3.63, 3.8) is 0 Å². The number of thiazole rings is 1. The van der Waals surface area contributed by atoms with Crippen molar-refractivity contribution in [3.05, 3.63) is 52.8 Å². The Bertz CT molecular complexity index is 1280. The lowest BCUT2D eigenvalue weighted by atomic mass is 10.3. The van der Waals surface area contributed by atoms with Crippen molar-refractivity contribution < 1.29 is 31.5 Å². The van der Waals surface area contributed by atoms with E-state index >= 15 is 0 Å². The second kappa shape index (κ2) is 10.3. The molecule has 0 saturated heterocycles. The summed E-state index contributed by atoms with van der Waals surface area (Å²) in [6.07, 6.45) is -0.356. The van der Waals surface area contributed by atoms with Gasteiger partial charge in [-0.3, -0.25) is 4.79 Å². The molecule has 0 unspecified atom stereocenters. The van der Waals surface area contributed by atoms with Crippen LogP contribution in [0.3, 0.4) is 0 Å². The number of ether oxygens (including phenoxy) is 2. The molecule has 1 aromatic heterocycles. The maximum Gasteiger partial charge on any atom is 0.249 e. The molecule has 0 fully saturated rings. The molecule has 0 radical (unpaired) electrons. The van der Waals surface area contributed by atoms with Crippen LogP contribution in [0.2, 0.25) is 0 Å². The largest absolute Gasteiger partial charge is 0.497 e. The summed E-state index contributed by atoms with van der Waals surface area (Å²) >= 11 is 0.949. The molecule has 0 spiro atoms. The maximum atomic E-state index is 14.4. The number of rotatable bonds is 9. The summed E-state index contributed by atoms with van der Waals surface area (Å²) in [7, 11) is -2.24. The average Bonchev–Trinajstić information content (AvgIpc) is 3.09. The molecule has 3 aromatic rings. The van der Waals surface area contributed by atoms with Crippen LogP contribution in [0.4, 0.5) is 8.78 Å². The molecule has 1 heterocycles. The van der Waals surface area contributed by atoms with E-state index in [1.54, 1.807) is 0 Å². The topological polar surface area (TPSA) is 87.0 Å². The molecule has 7 nitrogen and oxygen atoms in total. The number of hydrogen-bond donors (Lipinski definition) is 0. The molecule has 0 atom stereocenters. The van der Waals surface area contributed by atoms with Gasteiger partial charge in [-0.2, -0.15) is 4.99 Å². The highest BCUT2D eigenvalue weighted by atomic mass is 32.2. The van der Waals surface area contributed by atoms with Crippen LogP contribution in [0.1, 0.15) is 13.3 Å². The Hall–Kier alpha value is -2.63. The van der Waals surface area contributed by atoms with Crippen molar-refractivity contribution in [2.24, 2.45) is 4.99 Å². The van der Waals surface area contributed by atoms with Crippen LogP contribution in [0.25, 0.3) is 10.2 Å². The molecule has 1 amide bonds. The molecule has 0 aliphatic carbocycles. The number of amides is 1. The first-order valence-corrected chi connectivity index (χ1v) is 12.2. The number of fused-ring (bicyclic) bond motifs is 1. The fourth-order valence-electron chi connectivity index (χ4n) is 3.01. The molecule has 0 N–H and O–H groups in total. The Morgan fingerprint density at radius 1 is 1.19 bits per heavy atom. The normalized spacial score (nSPS) is 12.4. The van der Waals surface area contributed by atoms with Crippen molar-refractivity contribution in [1.29, 1.82) is 0 Å². The Kier molecular flexibility index (Phi) is 7.75. The van der Waals surface area contributed by atoms with E-state index < -0.39 is 33.1 Å². The lowest BCUT2D eigenvalue weighted by molar-refractivity contribution is -0.117. The van der Waals surface area contributed by atoms with Gasteiger partial charge in [0.2, 0.25) is 5.91 Å². The third-order valence-corrected chi connectivity index (χ3v) is 7.34. The first-order valence-electron chi connectivity index (χ1n) is 9.75. The zero-order valence-electron chi connectivity index (χ0n) is 17.5. The number of benzene rings is 2. The molecule has 0 aliphatic heterocycles. The van der Waals surface area contributed by atoms with Crippen LogP contribution < -0.4 is 9.54 Å². The third kappa shape index (κ3) is 5.59. The summed E-state index contributed by atoms with van der Waals surface area (Å²) < 4.78 is 65.1. The second-order valence-corrected chi connectivity index (χ2v) is 9.84. The molecule has 11 heteroatoms. The van der Waals surface area contributed by atoms with E-state index in [-0.39, 0.29) is 39.5 Å². The number of halogens is 2. The summed E-state index contributed by atoms with van der Waals surface area (Å²) in [6, 6.07) is 7.77. The van der Waals surface area contributed by atoms with Crippen LogP contribution in [-0.4, -0.2) is 45.0 Å². The van der Waals surface area contributed by atoms with E-state index in [0.717, 1.165) is 23.5 Å². The Labute approximate surface area is 187 Å². The first-order chi connectivity index (χ1) is 15.2. The predicted octanol–water partition coefficient (Wildman–Crippen LogP) is 3.32. The van der Waals surface area contributed by atoms with E-state index in [0.29, 0.717) is 12.4 Å². The number of methoxy groups -OCH3 is 1. The maximum absolute atomic E-state index is 14.4. The van der Waals surface area contributed by atoms with Gasteiger partial charge in [-0.1, -0.05) is 11.3 Å².